The van der Waals surface area contributed by atoms with Gasteiger partial charge in [0.2, 0.25) is 10.0 Å². The number of esters is 1. The van der Waals surface area contributed by atoms with Gasteiger partial charge >= 0.3 is 5.97 Å². The van der Waals surface area contributed by atoms with Crippen LogP contribution in [0, 0.1) is 0 Å². The maximum atomic E-state index is 12.2. The number of anilines is 1. The molecule has 0 aliphatic carbocycles. The summed E-state index contributed by atoms with van der Waals surface area (Å²) < 4.78 is 42.8. The van der Waals surface area contributed by atoms with Crippen molar-refractivity contribution >= 4 is 55.1 Å². The van der Waals surface area contributed by atoms with Gasteiger partial charge in [-0.05, 0) is 30.3 Å². The molecule has 0 saturated carbocycles. The van der Waals surface area contributed by atoms with Crippen molar-refractivity contribution < 1.29 is 32.2 Å². The first-order valence-corrected chi connectivity index (χ1v) is 11.2. The summed E-state index contributed by atoms with van der Waals surface area (Å²) in [5, 5.41) is 2.54. The molecule has 0 atom stereocenters. The van der Waals surface area contributed by atoms with Gasteiger partial charge in [-0.1, -0.05) is 27.5 Å². The van der Waals surface area contributed by atoms with Crippen molar-refractivity contribution in [2.75, 3.05) is 31.7 Å². The number of amides is 1. The largest absolute Gasteiger partial charge is 0.486 e. The zero-order valence-electron chi connectivity index (χ0n) is 15.3. The van der Waals surface area contributed by atoms with E-state index >= 15 is 0 Å². The Kier molecular flexibility index (Phi) is 7.19. The average Bonchev–Trinajstić information content (AvgIpc) is 2.70. The van der Waals surface area contributed by atoms with E-state index in [1.165, 1.54) is 18.2 Å². The first-order valence-electron chi connectivity index (χ1n) is 8.54. The number of halogens is 2. The molecule has 9 nitrogen and oxygen atoms in total. The number of sulfonamides is 1. The summed E-state index contributed by atoms with van der Waals surface area (Å²) in [6, 6.07) is 9.06. The van der Waals surface area contributed by atoms with Crippen LogP contribution in [0.15, 0.2) is 45.8 Å². The van der Waals surface area contributed by atoms with Crippen molar-refractivity contribution in [3.63, 3.8) is 0 Å². The predicted octanol–water partition coefficient (Wildman–Crippen LogP) is 2.33. The Morgan fingerprint density at radius 3 is 2.57 bits per heavy atom. The van der Waals surface area contributed by atoms with Crippen LogP contribution in [0.25, 0.3) is 0 Å². The molecule has 12 heteroatoms. The minimum atomic E-state index is -4.03. The van der Waals surface area contributed by atoms with Crippen LogP contribution in [0.4, 0.5) is 5.69 Å². The molecule has 0 saturated heterocycles. The van der Waals surface area contributed by atoms with Crippen molar-refractivity contribution in [1.29, 1.82) is 0 Å². The Morgan fingerprint density at radius 1 is 1.10 bits per heavy atom. The molecule has 2 N–H and O–H groups in total. The summed E-state index contributed by atoms with van der Waals surface area (Å²) in [4.78, 5) is 23.6. The minimum Gasteiger partial charge on any atom is -0.486 e. The standard InChI is InChI=1S/C18H16BrClN2O7S/c19-11-1-4-16(13(20)7-11)30(25,26)21-9-18(24)29-10-17(23)22-12-2-3-14-15(8-12)28-6-5-27-14/h1-4,7-8,21H,5-6,9-10H2,(H,22,23). The summed E-state index contributed by atoms with van der Waals surface area (Å²) in [6.07, 6.45) is 0. The molecule has 1 aliphatic heterocycles. The molecule has 0 radical (unpaired) electrons. The van der Waals surface area contributed by atoms with Gasteiger partial charge in [-0.3, -0.25) is 9.59 Å². The number of benzene rings is 2. The van der Waals surface area contributed by atoms with Crippen LogP contribution in [0.3, 0.4) is 0 Å². The predicted molar refractivity (Wildman–Crippen MR) is 111 cm³/mol. The first kappa shape index (κ1) is 22.3. The highest BCUT2D eigenvalue weighted by Crippen LogP contribution is 2.32. The van der Waals surface area contributed by atoms with Crippen molar-refractivity contribution in [1.82, 2.24) is 4.72 Å². The Morgan fingerprint density at radius 2 is 1.83 bits per heavy atom. The summed E-state index contributed by atoms with van der Waals surface area (Å²) >= 11 is 9.09. The van der Waals surface area contributed by atoms with Crippen LogP contribution < -0.4 is 19.5 Å². The van der Waals surface area contributed by atoms with Gasteiger partial charge in [0.25, 0.3) is 5.91 Å². The topological polar surface area (TPSA) is 120 Å². The van der Waals surface area contributed by atoms with Crippen LogP contribution >= 0.6 is 27.5 Å². The van der Waals surface area contributed by atoms with Crippen LogP contribution in [0.5, 0.6) is 11.5 Å². The highest BCUT2D eigenvalue weighted by atomic mass is 79.9. The molecule has 1 heterocycles. The Labute approximate surface area is 185 Å². The van der Waals surface area contributed by atoms with Gasteiger partial charge in [0.05, 0.1) is 5.02 Å². The van der Waals surface area contributed by atoms with E-state index in [0.29, 0.717) is 34.9 Å². The number of hydrogen-bond acceptors (Lipinski definition) is 7. The van der Waals surface area contributed by atoms with Gasteiger partial charge in [0.15, 0.2) is 18.1 Å². The van der Waals surface area contributed by atoms with Gasteiger partial charge in [0, 0.05) is 16.2 Å². The van der Waals surface area contributed by atoms with E-state index < -0.39 is 35.1 Å². The summed E-state index contributed by atoms with van der Waals surface area (Å²) in [7, 11) is -4.03. The van der Waals surface area contributed by atoms with Crippen LogP contribution in [0.2, 0.25) is 5.02 Å². The fourth-order valence-electron chi connectivity index (χ4n) is 2.44. The molecular weight excluding hydrogens is 504 g/mol. The van der Waals surface area contributed by atoms with Crippen molar-refractivity contribution in [2.45, 2.75) is 4.90 Å². The smallest absolute Gasteiger partial charge is 0.321 e. The minimum absolute atomic E-state index is 0.0101. The number of carbonyl (C=O) groups excluding carboxylic acids is 2. The molecule has 0 aromatic heterocycles. The molecule has 2 aromatic rings. The monoisotopic (exact) mass is 518 g/mol. The zero-order valence-corrected chi connectivity index (χ0v) is 18.5. The molecule has 2 aromatic carbocycles. The SMILES string of the molecule is O=C(COC(=O)CNS(=O)(=O)c1ccc(Br)cc1Cl)Nc1ccc2c(c1)OCCO2. The van der Waals surface area contributed by atoms with Crippen molar-refractivity contribution in [3.8, 4) is 11.5 Å². The van der Waals surface area contributed by atoms with E-state index in [2.05, 4.69) is 26.0 Å². The molecule has 0 fully saturated rings. The normalized spacial score (nSPS) is 12.9. The molecule has 0 spiro atoms. The number of ether oxygens (including phenoxy) is 3. The number of carbonyl (C=O) groups is 2. The van der Waals surface area contributed by atoms with Crippen molar-refractivity contribution in [3.05, 3.63) is 45.9 Å². The lowest BCUT2D eigenvalue weighted by molar-refractivity contribution is -0.146. The van der Waals surface area contributed by atoms with E-state index in [1.54, 1.807) is 18.2 Å². The second-order valence-corrected chi connectivity index (χ2v) is 9.02. The lowest BCUT2D eigenvalue weighted by atomic mass is 10.2. The highest BCUT2D eigenvalue weighted by Gasteiger charge is 2.20. The van der Waals surface area contributed by atoms with Gasteiger partial charge < -0.3 is 19.5 Å². The molecular formula is C18H16BrClN2O7S. The van der Waals surface area contributed by atoms with Gasteiger partial charge in [-0.15, -0.1) is 0 Å². The Bertz CT molecular complexity index is 1080. The summed E-state index contributed by atoms with van der Waals surface area (Å²) in [5.74, 6) is -0.455. The molecule has 0 bridgehead atoms. The fraction of sp³-hybridized carbons (Fsp3) is 0.222. The average molecular weight is 520 g/mol. The number of fused-ring (bicyclic) bond motifs is 1. The van der Waals surface area contributed by atoms with Crippen LogP contribution in [-0.4, -0.2) is 46.7 Å². The Balaban J connectivity index is 1.47. The molecule has 3 rings (SSSR count). The quantitative estimate of drug-likeness (QED) is 0.539. The van der Waals surface area contributed by atoms with Crippen molar-refractivity contribution in [2.24, 2.45) is 0 Å². The lowest BCUT2D eigenvalue weighted by Crippen LogP contribution is -2.32. The molecule has 1 aliphatic rings. The highest BCUT2D eigenvalue weighted by molar-refractivity contribution is 9.10. The van der Waals surface area contributed by atoms with E-state index in [9.17, 15) is 18.0 Å². The van der Waals surface area contributed by atoms with E-state index in [-0.39, 0.29) is 9.92 Å². The maximum Gasteiger partial charge on any atom is 0.321 e. The lowest BCUT2D eigenvalue weighted by Gasteiger charge is -2.19. The first-order chi connectivity index (χ1) is 14.2. The summed E-state index contributed by atoms with van der Waals surface area (Å²) in [5.41, 5.74) is 0.436. The third-order valence-electron chi connectivity index (χ3n) is 3.78. The van der Waals surface area contributed by atoms with E-state index in [4.69, 9.17) is 25.8 Å². The van der Waals surface area contributed by atoms with Gasteiger partial charge in [0.1, 0.15) is 24.7 Å². The van der Waals surface area contributed by atoms with Gasteiger partial charge in [-0.2, -0.15) is 4.72 Å². The second kappa shape index (κ2) is 9.65. The maximum absolute atomic E-state index is 12.2. The third kappa shape index (κ3) is 5.85. The second-order valence-electron chi connectivity index (χ2n) is 5.97. The molecule has 160 valence electrons. The number of nitrogens with one attached hydrogen (secondary N) is 2. The number of hydrogen-bond donors (Lipinski definition) is 2. The molecule has 1 amide bonds. The Hall–Kier alpha value is -2.34. The van der Waals surface area contributed by atoms with E-state index in [0.717, 1.165) is 0 Å². The third-order valence-corrected chi connectivity index (χ3v) is 6.16. The van der Waals surface area contributed by atoms with Crippen LogP contribution in [0.1, 0.15) is 0 Å². The summed E-state index contributed by atoms with van der Waals surface area (Å²) in [6.45, 7) is -0.393. The molecule has 30 heavy (non-hydrogen) atoms. The van der Waals surface area contributed by atoms with Crippen LogP contribution in [-0.2, 0) is 24.3 Å². The molecule has 0 unspecified atom stereocenters. The fourth-order valence-corrected chi connectivity index (χ4v) is 4.44. The zero-order chi connectivity index (χ0) is 21.7. The van der Waals surface area contributed by atoms with E-state index in [1.807, 2.05) is 0 Å². The number of rotatable bonds is 7. The van der Waals surface area contributed by atoms with Gasteiger partial charge in [-0.25, -0.2) is 8.42 Å².